The van der Waals surface area contributed by atoms with Crippen LogP contribution in [0.1, 0.15) is 29.8 Å². The average molecular weight is 508 g/mol. The molecule has 0 N–H and O–H groups in total. The Balaban J connectivity index is 1.84. The normalized spacial score (nSPS) is 11.0. The van der Waals surface area contributed by atoms with Crippen molar-refractivity contribution >= 4 is 40.2 Å². The number of amides is 1. The van der Waals surface area contributed by atoms with Crippen molar-refractivity contribution in [2.24, 2.45) is 0 Å². The number of carbonyl (C=O) groups excluding carboxylic acids is 1. The van der Waals surface area contributed by atoms with Gasteiger partial charge in [-0.2, -0.15) is 0 Å². The molecule has 0 aliphatic heterocycles. The van der Waals surface area contributed by atoms with Crippen LogP contribution in [0.25, 0.3) is 16.6 Å². The molecule has 0 spiro atoms. The third-order valence-electron chi connectivity index (χ3n) is 5.78. The predicted octanol–water partition coefficient (Wildman–Crippen LogP) is 5.82. The van der Waals surface area contributed by atoms with E-state index in [4.69, 9.17) is 21.3 Å². The van der Waals surface area contributed by atoms with Gasteiger partial charge in [-0.3, -0.25) is 14.2 Å². The van der Waals surface area contributed by atoms with Gasteiger partial charge in [0.25, 0.3) is 11.5 Å². The van der Waals surface area contributed by atoms with Gasteiger partial charge in [0.15, 0.2) is 5.16 Å². The number of methoxy groups -OCH3 is 1. The van der Waals surface area contributed by atoms with Gasteiger partial charge in [0, 0.05) is 29.4 Å². The minimum absolute atomic E-state index is 0.0803. The van der Waals surface area contributed by atoms with Gasteiger partial charge in [0.05, 0.1) is 23.7 Å². The molecule has 0 radical (unpaired) electrons. The Morgan fingerprint density at radius 2 is 1.77 bits per heavy atom. The van der Waals surface area contributed by atoms with Gasteiger partial charge in [-0.25, -0.2) is 4.98 Å². The van der Waals surface area contributed by atoms with Crippen LogP contribution in [0.2, 0.25) is 5.02 Å². The Kier molecular flexibility index (Phi) is 7.78. The molecule has 0 saturated carbocycles. The van der Waals surface area contributed by atoms with Gasteiger partial charge in [0.1, 0.15) is 5.75 Å². The third kappa shape index (κ3) is 5.21. The molecular weight excluding hydrogens is 482 g/mol. The largest absolute Gasteiger partial charge is 0.497 e. The smallest absolute Gasteiger partial charge is 0.266 e. The van der Waals surface area contributed by atoms with Crippen molar-refractivity contribution in [3.8, 4) is 11.4 Å². The van der Waals surface area contributed by atoms with Crippen LogP contribution in [0, 0.1) is 0 Å². The minimum Gasteiger partial charge on any atom is -0.497 e. The van der Waals surface area contributed by atoms with Gasteiger partial charge in [-0.1, -0.05) is 41.6 Å². The Bertz CT molecular complexity index is 1420. The highest BCUT2D eigenvalue weighted by Gasteiger charge is 2.18. The lowest BCUT2D eigenvalue weighted by atomic mass is 10.1. The van der Waals surface area contributed by atoms with Gasteiger partial charge < -0.3 is 9.64 Å². The van der Waals surface area contributed by atoms with Gasteiger partial charge in [0.2, 0.25) is 0 Å². The van der Waals surface area contributed by atoms with E-state index in [0.717, 1.165) is 5.56 Å². The summed E-state index contributed by atoms with van der Waals surface area (Å²) in [6.45, 7) is 5.10. The highest BCUT2D eigenvalue weighted by atomic mass is 35.5. The summed E-state index contributed by atoms with van der Waals surface area (Å²) in [6.07, 6.45) is 0. The molecule has 1 amide bonds. The summed E-state index contributed by atoms with van der Waals surface area (Å²) >= 11 is 7.78. The molecule has 0 unspecified atom stereocenters. The fraction of sp³-hybridized carbons (Fsp3) is 0.222. The zero-order valence-corrected chi connectivity index (χ0v) is 21.4. The van der Waals surface area contributed by atoms with E-state index in [1.165, 1.54) is 11.8 Å². The van der Waals surface area contributed by atoms with Gasteiger partial charge in [-0.05, 0) is 67.9 Å². The van der Waals surface area contributed by atoms with E-state index in [-0.39, 0.29) is 11.5 Å². The van der Waals surface area contributed by atoms with E-state index in [2.05, 4.69) is 0 Å². The molecule has 0 bridgehead atoms. The van der Waals surface area contributed by atoms with Gasteiger partial charge >= 0.3 is 0 Å². The number of aromatic nitrogens is 2. The molecule has 0 aliphatic carbocycles. The first-order valence-corrected chi connectivity index (χ1v) is 12.7. The molecule has 4 aromatic rings. The van der Waals surface area contributed by atoms with E-state index in [9.17, 15) is 9.59 Å². The van der Waals surface area contributed by atoms with E-state index >= 15 is 0 Å². The maximum atomic E-state index is 13.7. The van der Waals surface area contributed by atoms with Crippen molar-refractivity contribution in [3.05, 3.63) is 93.2 Å². The maximum absolute atomic E-state index is 13.7. The molecule has 180 valence electrons. The zero-order chi connectivity index (χ0) is 24.9. The van der Waals surface area contributed by atoms with Crippen LogP contribution >= 0.6 is 23.4 Å². The van der Waals surface area contributed by atoms with Crippen LogP contribution < -0.4 is 10.3 Å². The van der Waals surface area contributed by atoms with Crippen LogP contribution in [0.15, 0.2) is 76.7 Å². The van der Waals surface area contributed by atoms with Crippen molar-refractivity contribution in [2.45, 2.75) is 24.8 Å². The molecule has 3 aromatic carbocycles. The zero-order valence-electron chi connectivity index (χ0n) is 19.8. The minimum atomic E-state index is -0.205. The molecule has 4 rings (SSSR count). The molecule has 0 aliphatic rings. The molecule has 0 saturated heterocycles. The Labute approximate surface area is 213 Å². The van der Waals surface area contributed by atoms with Crippen LogP contribution in [0.3, 0.4) is 0 Å². The first-order valence-electron chi connectivity index (χ1n) is 11.3. The predicted molar refractivity (Wildman–Crippen MR) is 142 cm³/mol. The van der Waals surface area contributed by atoms with Gasteiger partial charge in [-0.15, -0.1) is 0 Å². The lowest BCUT2D eigenvalue weighted by molar-refractivity contribution is 0.0773. The Hall–Kier alpha value is -3.29. The second-order valence-electron chi connectivity index (χ2n) is 7.82. The number of hydrogen-bond acceptors (Lipinski definition) is 5. The van der Waals surface area contributed by atoms with Crippen LogP contribution in [0.5, 0.6) is 5.75 Å². The SMILES string of the molecule is CCN(CC)C(=O)c1ccc2c(=O)n(-c3ccc(OC)cc3)c(SCc3ccccc3Cl)nc2c1. The summed E-state index contributed by atoms with van der Waals surface area (Å²) in [6, 6.07) is 19.9. The number of hydrogen-bond donors (Lipinski definition) is 0. The molecule has 8 heteroatoms. The van der Waals surface area contributed by atoms with Crippen LogP contribution in [0.4, 0.5) is 0 Å². The fourth-order valence-corrected chi connectivity index (χ4v) is 5.10. The molecule has 1 aromatic heterocycles. The monoisotopic (exact) mass is 507 g/mol. The van der Waals surface area contributed by atoms with Crippen LogP contribution in [-0.4, -0.2) is 40.6 Å². The van der Waals surface area contributed by atoms with E-state index in [1.807, 2.05) is 50.2 Å². The number of carbonyl (C=O) groups is 1. The quantitative estimate of drug-likeness (QED) is 0.222. The first-order chi connectivity index (χ1) is 17.0. The lowest BCUT2D eigenvalue weighted by Crippen LogP contribution is -2.30. The van der Waals surface area contributed by atoms with E-state index < -0.39 is 0 Å². The number of halogens is 1. The number of nitrogens with zero attached hydrogens (tertiary/aromatic N) is 3. The topological polar surface area (TPSA) is 64.4 Å². The number of fused-ring (bicyclic) bond motifs is 1. The van der Waals surface area contributed by atoms with Crippen molar-refractivity contribution in [2.75, 3.05) is 20.2 Å². The average Bonchev–Trinajstić information content (AvgIpc) is 2.88. The Morgan fingerprint density at radius 3 is 2.43 bits per heavy atom. The number of benzene rings is 3. The second kappa shape index (κ2) is 11.0. The lowest BCUT2D eigenvalue weighted by Gasteiger charge is -2.19. The van der Waals surface area contributed by atoms with Crippen molar-refractivity contribution in [1.82, 2.24) is 14.5 Å². The fourth-order valence-electron chi connectivity index (χ4n) is 3.81. The molecule has 0 fully saturated rings. The maximum Gasteiger partial charge on any atom is 0.266 e. The third-order valence-corrected chi connectivity index (χ3v) is 7.14. The van der Waals surface area contributed by atoms with Crippen molar-refractivity contribution in [1.29, 1.82) is 0 Å². The van der Waals surface area contributed by atoms with E-state index in [1.54, 1.807) is 46.9 Å². The van der Waals surface area contributed by atoms with Crippen molar-refractivity contribution in [3.63, 3.8) is 0 Å². The van der Waals surface area contributed by atoms with E-state index in [0.29, 0.717) is 56.9 Å². The summed E-state index contributed by atoms with van der Waals surface area (Å²) in [4.78, 5) is 33.1. The standard InChI is InChI=1S/C27H26ClN3O3S/c1-4-30(5-2)25(32)18-10-15-22-24(16-18)29-27(35-17-19-8-6-7-9-23(19)28)31(26(22)33)20-11-13-21(34-3)14-12-20/h6-16H,4-5,17H2,1-3H3. The summed E-state index contributed by atoms with van der Waals surface area (Å²) < 4.78 is 6.86. The summed E-state index contributed by atoms with van der Waals surface area (Å²) in [5.41, 5.74) is 2.41. The number of ether oxygens (including phenoxy) is 1. The second-order valence-corrected chi connectivity index (χ2v) is 9.17. The highest BCUT2D eigenvalue weighted by Crippen LogP contribution is 2.28. The Morgan fingerprint density at radius 1 is 1.06 bits per heavy atom. The summed E-state index contributed by atoms with van der Waals surface area (Å²) in [5, 5.41) is 1.62. The summed E-state index contributed by atoms with van der Waals surface area (Å²) in [7, 11) is 1.60. The molecule has 1 heterocycles. The highest BCUT2D eigenvalue weighted by molar-refractivity contribution is 7.98. The van der Waals surface area contributed by atoms with Crippen molar-refractivity contribution < 1.29 is 9.53 Å². The van der Waals surface area contributed by atoms with Crippen LogP contribution in [-0.2, 0) is 5.75 Å². The molecule has 0 atom stereocenters. The molecule has 6 nitrogen and oxygen atoms in total. The first kappa shape index (κ1) is 24.8. The molecule has 35 heavy (non-hydrogen) atoms. The molecular formula is C27H26ClN3O3S. The summed E-state index contributed by atoms with van der Waals surface area (Å²) in [5.74, 6) is 1.15. The number of rotatable bonds is 8. The number of thioether (sulfide) groups is 1.